The number of hydrogen-bond acceptors (Lipinski definition) is 5. The summed E-state index contributed by atoms with van der Waals surface area (Å²) in [5.41, 5.74) is 1.56. The van der Waals surface area contributed by atoms with E-state index in [-0.39, 0.29) is 30.7 Å². The van der Waals surface area contributed by atoms with Gasteiger partial charge in [-0.25, -0.2) is 9.78 Å². The Morgan fingerprint density at radius 1 is 1.00 bits per heavy atom. The van der Waals surface area contributed by atoms with Crippen molar-refractivity contribution in [3.63, 3.8) is 0 Å². The Labute approximate surface area is 142 Å². The van der Waals surface area contributed by atoms with Crippen molar-refractivity contribution in [3.8, 4) is 0 Å². The molecule has 1 aliphatic heterocycles. The van der Waals surface area contributed by atoms with Crippen LogP contribution in [0.2, 0.25) is 0 Å². The van der Waals surface area contributed by atoms with Gasteiger partial charge >= 0.3 is 5.97 Å². The molecule has 4 rings (SSSR count). The van der Waals surface area contributed by atoms with Crippen LogP contribution in [-0.4, -0.2) is 45.2 Å². The highest BCUT2D eigenvalue weighted by molar-refractivity contribution is 6.21. The predicted molar refractivity (Wildman–Crippen MR) is 87.3 cm³/mol. The molecule has 0 atom stereocenters. The highest BCUT2D eigenvalue weighted by Gasteiger charge is 2.34. The number of benzene rings is 1. The molecule has 3 aromatic rings. The van der Waals surface area contributed by atoms with Crippen molar-refractivity contribution in [2.24, 2.45) is 0 Å². The molecule has 25 heavy (non-hydrogen) atoms. The molecule has 1 aliphatic rings. The molecule has 7 heteroatoms. The lowest BCUT2D eigenvalue weighted by atomic mass is 10.1. The molecule has 7 nitrogen and oxygen atoms in total. The Hall–Kier alpha value is -3.48. The lowest BCUT2D eigenvalue weighted by molar-refractivity contribution is 0.0416. The monoisotopic (exact) mass is 335 g/mol. The van der Waals surface area contributed by atoms with Gasteiger partial charge in [0.2, 0.25) is 0 Å². The maximum absolute atomic E-state index is 12.2. The largest absolute Gasteiger partial charge is 0.459 e. The maximum Gasteiger partial charge on any atom is 0.358 e. The lowest BCUT2D eigenvalue weighted by Crippen LogP contribution is -2.33. The Morgan fingerprint density at radius 3 is 2.36 bits per heavy atom. The van der Waals surface area contributed by atoms with Crippen LogP contribution in [0.5, 0.6) is 0 Å². The van der Waals surface area contributed by atoms with Crippen molar-refractivity contribution >= 4 is 23.4 Å². The van der Waals surface area contributed by atoms with Crippen molar-refractivity contribution in [1.29, 1.82) is 0 Å². The van der Waals surface area contributed by atoms with E-state index >= 15 is 0 Å². The van der Waals surface area contributed by atoms with Crippen LogP contribution in [0.3, 0.4) is 0 Å². The van der Waals surface area contributed by atoms with E-state index in [9.17, 15) is 14.4 Å². The fourth-order valence-electron chi connectivity index (χ4n) is 2.78. The first-order valence-corrected chi connectivity index (χ1v) is 7.71. The molecule has 0 fully saturated rings. The summed E-state index contributed by atoms with van der Waals surface area (Å²) < 4.78 is 6.86. The third-order valence-corrected chi connectivity index (χ3v) is 4.00. The molecule has 0 unspecified atom stereocenters. The van der Waals surface area contributed by atoms with E-state index < -0.39 is 5.97 Å². The van der Waals surface area contributed by atoms with E-state index in [1.807, 2.05) is 12.1 Å². The van der Waals surface area contributed by atoms with Crippen molar-refractivity contribution in [2.75, 3.05) is 13.2 Å². The van der Waals surface area contributed by atoms with E-state index in [0.29, 0.717) is 16.8 Å². The van der Waals surface area contributed by atoms with Gasteiger partial charge in [0.1, 0.15) is 12.3 Å². The van der Waals surface area contributed by atoms with Crippen LogP contribution in [0.15, 0.2) is 54.9 Å². The minimum atomic E-state index is -0.597. The van der Waals surface area contributed by atoms with Crippen LogP contribution in [0, 0.1) is 0 Å². The minimum Gasteiger partial charge on any atom is -0.459 e. The molecule has 2 aromatic heterocycles. The molecule has 1 aromatic carbocycles. The minimum absolute atomic E-state index is 0.00541. The summed E-state index contributed by atoms with van der Waals surface area (Å²) in [5.74, 6) is -1.34. The molecule has 0 spiro atoms. The summed E-state index contributed by atoms with van der Waals surface area (Å²) in [6.45, 7) is -0.0797. The number of amides is 2. The average molecular weight is 335 g/mol. The molecule has 0 radical (unpaired) electrons. The number of imide groups is 1. The van der Waals surface area contributed by atoms with Crippen LogP contribution in [0.25, 0.3) is 5.65 Å². The smallest absolute Gasteiger partial charge is 0.358 e. The van der Waals surface area contributed by atoms with Crippen molar-refractivity contribution < 1.29 is 19.1 Å². The molecule has 0 saturated carbocycles. The number of pyridine rings is 1. The first-order valence-electron chi connectivity index (χ1n) is 7.71. The summed E-state index contributed by atoms with van der Waals surface area (Å²) in [7, 11) is 0. The highest BCUT2D eigenvalue weighted by atomic mass is 16.5. The molecule has 0 bridgehead atoms. The SMILES string of the molecule is O=C(OCCN1C(=O)c2ccccc2C1=O)c1cn2ccccc2n1. The summed E-state index contributed by atoms with van der Waals surface area (Å²) in [4.78, 5) is 41.8. The number of fused-ring (bicyclic) bond motifs is 2. The van der Waals surface area contributed by atoms with Crippen LogP contribution in [0.4, 0.5) is 0 Å². The number of carbonyl (C=O) groups excluding carboxylic acids is 3. The third kappa shape index (κ3) is 2.55. The second kappa shape index (κ2) is 5.86. The quantitative estimate of drug-likeness (QED) is 0.536. The van der Waals surface area contributed by atoms with Gasteiger partial charge in [0.25, 0.3) is 11.8 Å². The van der Waals surface area contributed by atoms with Gasteiger partial charge in [-0.15, -0.1) is 0 Å². The summed E-state index contributed by atoms with van der Waals surface area (Å²) in [5, 5.41) is 0. The Morgan fingerprint density at radius 2 is 1.68 bits per heavy atom. The van der Waals surface area contributed by atoms with E-state index in [2.05, 4.69) is 4.98 Å². The van der Waals surface area contributed by atoms with Crippen LogP contribution < -0.4 is 0 Å². The number of nitrogens with zero attached hydrogens (tertiary/aromatic N) is 3. The third-order valence-electron chi connectivity index (χ3n) is 4.00. The maximum atomic E-state index is 12.2. The first kappa shape index (κ1) is 15.1. The van der Waals surface area contributed by atoms with Gasteiger partial charge < -0.3 is 9.14 Å². The van der Waals surface area contributed by atoms with Crippen LogP contribution in [-0.2, 0) is 4.74 Å². The number of rotatable bonds is 4. The Bertz CT molecular complexity index is 940. The summed E-state index contributed by atoms with van der Waals surface area (Å²) in [6, 6.07) is 12.0. The molecule has 3 heterocycles. The fraction of sp³-hybridized carbons (Fsp3) is 0.111. The Balaban J connectivity index is 1.40. The van der Waals surface area contributed by atoms with E-state index in [1.54, 1.807) is 47.1 Å². The van der Waals surface area contributed by atoms with Gasteiger partial charge in [0.15, 0.2) is 5.69 Å². The standard InChI is InChI=1S/C18H13N3O4/c22-16-12-5-1-2-6-13(12)17(23)21(16)9-10-25-18(24)14-11-20-8-4-3-7-15(20)19-14/h1-8,11H,9-10H2. The molecule has 0 aliphatic carbocycles. The zero-order valence-electron chi connectivity index (χ0n) is 13.1. The van der Waals surface area contributed by atoms with E-state index in [0.717, 1.165) is 4.90 Å². The highest BCUT2D eigenvalue weighted by Crippen LogP contribution is 2.21. The number of ether oxygens (including phenoxy) is 1. The zero-order valence-corrected chi connectivity index (χ0v) is 13.1. The second-order valence-corrected chi connectivity index (χ2v) is 5.54. The van der Waals surface area contributed by atoms with Gasteiger partial charge in [-0.2, -0.15) is 0 Å². The van der Waals surface area contributed by atoms with E-state index in [1.165, 1.54) is 0 Å². The molecule has 2 amide bonds. The van der Waals surface area contributed by atoms with Gasteiger partial charge in [0, 0.05) is 12.4 Å². The topological polar surface area (TPSA) is 81.0 Å². The van der Waals surface area contributed by atoms with Crippen molar-refractivity contribution in [1.82, 2.24) is 14.3 Å². The van der Waals surface area contributed by atoms with Crippen molar-refractivity contribution in [2.45, 2.75) is 0 Å². The van der Waals surface area contributed by atoms with Crippen LogP contribution in [0.1, 0.15) is 31.2 Å². The molecular formula is C18H13N3O4. The van der Waals surface area contributed by atoms with Gasteiger partial charge in [-0.3, -0.25) is 14.5 Å². The summed E-state index contributed by atoms with van der Waals surface area (Å²) >= 11 is 0. The summed E-state index contributed by atoms with van der Waals surface area (Å²) in [6.07, 6.45) is 3.34. The number of carbonyl (C=O) groups is 3. The van der Waals surface area contributed by atoms with E-state index in [4.69, 9.17) is 4.74 Å². The Kier molecular flexibility index (Phi) is 3.53. The number of aromatic nitrogens is 2. The van der Waals surface area contributed by atoms with Gasteiger partial charge in [-0.05, 0) is 24.3 Å². The molecular weight excluding hydrogens is 322 g/mol. The van der Waals surface area contributed by atoms with Gasteiger partial charge in [0.05, 0.1) is 17.7 Å². The number of imidazole rings is 1. The zero-order chi connectivity index (χ0) is 17.4. The molecule has 124 valence electrons. The van der Waals surface area contributed by atoms with Crippen molar-refractivity contribution in [3.05, 3.63) is 71.7 Å². The predicted octanol–water partition coefficient (Wildman–Crippen LogP) is 1.79. The number of esters is 1. The molecule has 0 N–H and O–H groups in total. The number of hydrogen-bond donors (Lipinski definition) is 0. The lowest BCUT2D eigenvalue weighted by Gasteiger charge is -2.13. The average Bonchev–Trinajstić information content (AvgIpc) is 3.17. The normalized spacial score (nSPS) is 13.4. The molecule has 0 saturated heterocycles. The second-order valence-electron chi connectivity index (χ2n) is 5.54. The van der Waals surface area contributed by atoms with Gasteiger partial charge in [-0.1, -0.05) is 18.2 Å². The first-order chi connectivity index (χ1) is 12.1. The van der Waals surface area contributed by atoms with Crippen LogP contribution >= 0.6 is 0 Å². The fourth-order valence-corrected chi connectivity index (χ4v) is 2.78.